The molecule has 1 heterocycles. The fraction of sp³-hybridized carbons (Fsp3) is 0.370. The van der Waals surface area contributed by atoms with Crippen LogP contribution in [0.5, 0.6) is 17.2 Å². The van der Waals surface area contributed by atoms with E-state index in [4.69, 9.17) is 13.9 Å². The SMILES string of the molecule is CCCc1c(OCCCOc2ccc(C(C)=O)c(O)c2C(C)C)ccc2c(=O)cc(C(=O)O)oc12. The number of phenols is 1. The van der Waals surface area contributed by atoms with Crippen LogP contribution < -0.4 is 14.9 Å². The fourth-order valence-electron chi connectivity index (χ4n) is 3.96. The number of rotatable bonds is 11. The van der Waals surface area contributed by atoms with Crippen molar-refractivity contribution in [3.63, 3.8) is 0 Å². The van der Waals surface area contributed by atoms with Gasteiger partial charge in [-0.1, -0.05) is 27.2 Å². The van der Waals surface area contributed by atoms with Crippen LogP contribution in [0.4, 0.5) is 0 Å². The molecule has 3 aromatic rings. The number of Topliss-reactive ketones (excluding diaryl/α,β-unsaturated/α-hetero) is 1. The van der Waals surface area contributed by atoms with Crippen LogP contribution in [0.25, 0.3) is 11.0 Å². The number of carboxylic acids is 1. The zero-order valence-corrected chi connectivity index (χ0v) is 20.3. The summed E-state index contributed by atoms with van der Waals surface area (Å²) in [5.41, 5.74) is 1.32. The third-order valence-electron chi connectivity index (χ3n) is 5.61. The molecular weight excluding hydrogens is 452 g/mol. The molecular formula is C27H30O8. The first kappa shape index (κ1) is 25.8. The van der Waals surface area contributed by atoms with Crippen LogP contribution in [0.15, 0.2) is 39.5 Å². The van der Waals surface area contributed by atoms with E-state index in [-0.39, 0.29) is 28.6 Å². The molecule has 8 heteroatoms. The Labute approximate surface area is 203 Å². The second-order valence-electron chi connectivity index (χ2n) is 8.58. The molecule has 2 aromatic carbocycles. The van der Waals surface area contributed by atoms with Crippen LogP contribution in [0, 0.1) is 0 Å². The minimum absolute atomic E-state index is 0.0416. The molecule has 0 saturated carbocycles. The van der Waals surface area contributed by atoms with Gasteiger partial charge in [0.25, 0.3) is 0 Å². The summed E-state index contributed by atoms with van der Waals surface area (Å²) in [7, 11) is 0. The lowest BCUT2D eigenvalue weighted by Crippen LogP contribution is -2.10. The van der Waals surface area contributed by atoms with Gasteiger partial charge in [-0.15, -0.1) is 0 Å². The lowest BCUT2D eigenvalue weighted by atomic mass is 9.96. The van der Waals surface area contributed by atoms with E-state index >= 15 is 0 Å². The van der Waals surface area contributed by atoms with Gasteiger partial charge in [0.1, 0.15) is 22.8 Å². The number of aryl methyl sites for hydroxylation is 1. The summed E-state index contributed by atoms with van der Waals surface area (Å²) in [4.78, 5) is 35.4. The third-order valence-corrected chi connectivity index (χ3v) is 5.61. The number of carbonyl (C=O) groups is 2. The highest BCUT2D eigenvalue weighted by molar-refractivity contribution is 5.97. The molecule has 35 heavy (non-hydrogen) atoms. The number of ketones is 1. The van der Waals surface area contributed by atoms with E-state index < -0.39 is 17.2 Å². The Hall–Kier alpha value is -3.81. The maximum atomic E-state index is 12.3. The van der Waals surface area contributed by atoms with Gasteiger partial charge >= 0.3 is 5.97 Å². The van der Waals surface area contributed by atoms with Crippen molar-refractivity contribution in [2.45, 2.75) is 52.9 Å². The average Bonchev–Trinajstić information content (AvgIpc) is 2.79. The first-order valence-electron chi connectivity index (χ1n) is 11.6. The van der Waals surface area contributed by atoms with Crippen LogP contribution in [0.1, 0.15) is 78.5 Å². The normalized spacial score (nSPS) is 11.1. The van der Waals surface area contributed by atoms with E-state index in [1.54, 1.807) is 24.3 Å². The summed E-state index contributed by atoms with van der Waals surface area (Å²) >= 11 is 0. The van der Waals surface area contributed by atoms with E-state index in [0.29, 0.717) is 54.1 Å². The van der Waals surface area contributed by atoms with Crippen LogP contribution in [0.3, 0.4) is 0 Å². The standard InChI is InChI=1S/C27H30O8/c1-5-7-19-21(10-9-18-20(29)14-23(27(31)32)35-26(18)19)33-12-6-13-34-22-11-8-17(16(4)28)25(30)24(22)15(2)3/h8-11,14-15,30H,5-7,12-13H2,1-4H3,(H,31,32). The highest BCUT2D eigenvalue weighted by atomic mass is 16.5. The molecule has 0 aliphatic rings. The number of hydrogen-bond donors (Lipinski definition) is 2. The minimum Gasteiger partial charge on any atom is -0.507 e. The molecule has 0 unspecified atom stereocenters. The summed E-state index contributed by atoms with van der Waals surface area (Å²) in [6.07, 6.45) is 1.82. The summed E-state index contributed by atoms with van der Waals surface area (Å²) in [6, 6.07) is 7.50. The molecule has 1 aromatic heterocycles. The monoisotopic (exact) mass is 482 g/mol. The van der Waals surface area contributed by atoms with E-state index in [2.05, 4.69) is 0 Å². The van der Waals surface area contributed by atoms with E-state index in [1.807, 2.05) is 20.8 Å². The summed E-state index contributed by atoms with van der Waals surface area (Å²) < 4.78 is 17.4. The Morgan fingerprint density at radius 2 is 1.71 bits per heavy atom. The molecule has 0 atom stereocenters. The second kappa shape index (κ2) is 11.1. The predicted molar refractivity (Wildman–Crippen MR) is 131 cm³/mol. The van der Waals surface area contributed by atoms with Gasteiger partial charge in [0.15, 0.2) is 11.2 Å². The van der Waals surface area contributed by atoms with Crippen molar-refractivity contribution in [1.82, 2.24) is 0 Å². The molecule has 0 fully saturated rings. The van der Waals surface area contributed by atoms with Crippen molar-refractivity contribution in [2.24, 2.45) is 0 Å². The Kier molecular flexibility index (Phi) is 8.17. The van der Waals surface area contributed by atoms with E-state index in [9.17, 15) is 24.6 Å². The van der Waals surface area contributed by atoms with Crippen molar-refractivity contribution in [3.05, 3.63) is 63.0 Å². The largest absolute Gasteiger partial charge is 0.507 e. The number of phenolic OH excluding ortho intramolecular Hbond substituents is 1. The highest BCUT2D eigenvalue weighted by Gasteiger charge is 2.19. The first-order chi connectivity index (χ1) is 16.6. The molecule has 0 bridgehead atoms. The number of aromatic hydroxyl groups is 1. The molecule has 0 amide bonds. The van der Waals surface area contributed by atoms with Gasteiger partial charge in [-0.05, 0) is 43.5 Å². The Morgan fingerprint density at radius 1 is 1.06 bits per heavy atom. The van der Waals surface area contributed by atoms with Gasteiger partial charge in [0.2, 0.25) is 5.76 Å². The van der Waals surface area contributed by atoms with Gasteiger partial charge in [-0.2, -0.15) is 0 Å². The van der Waals surface area contributed by atoms with Crippen molar-refractivity contribution in [2.75, 3.05) is 13.2 Å². The van der Waals surface area contributed by atoms with Gasteiger partial charge in [0.05, 0.1) is 24.2 Å². The average molecular weight is 483 g/mol. The first-order valence-corrected chi connectivity index (χ1v) is 11.6. The molecule has 0 aliphatic heterocycles. The van der Waals surface area contributed by atoms with Crippen LogP contribution in [-0.2, 0) is 6.42 Å². The Morgan fingerprint density at radius 3 is 2.31 bits per heavy atom. The third kappa shape index (κ3) is 5.65. The topological polar surface area (TPSA) is 123 Å². The Bertz CT molecular complexity index is 1300. The highest BCUT2D eigenvalue weighted by Crippen LogP contribution is 2.37. The number of ether oxygens (including phenoxy) is 2. The number of aromatic carboxylic acids is 1. The van der Waals surface area contributed by atoms with Crippen molar-refractivity contribution in [1.29, 1.82) is 0 Å². The number of benzene rings is 2. The molecule has 186 valence electrons. The van der Waals surface area contributed by atoms with Gasteiger partial charge < -0.3 is 24.1 Å². The molecule has 0 aliphatic carbocycles. The van der Waals surface area contributed by atoms with Crippen molar-refractivity contribution >= 4 is 22.7 Å². The molecule has 0 saturated heterocycles. The second-order valence-corrected chi connectivity index (χ2v) is 8.58. The van der Waals surface area contributed by atoms with Crippen LogP contribution in [-0.4, -0.2) is 35.2 Å². The van der Waals surface area contributed by atoms with Gasteiger partial charge in [0, 0.05) is 23.6 Å². The fourth-order valence-corrected chi connectivity index (χ4v) is 3.96. The number of hydrogen-bond acceptors (Lipinski definition) is 7. The van der Waals surface area contributed by atoms with E-state index in [1.165, 1.54) is 6.92 Å². The molecule has 3 rings (SSSR count). The maximum Gasteiger partial charge on any atom is 0.371 e. The molecule has 2 N–H and O–H groups in total. The zero-order chi connectivity index (χ0) is 25.7. The lowest BCUT2D eigenvalue weighted by Gasteiger charge is -2.18. The van der Waals surface area contributed by atoms with Gasteiger partial charge in [-0.25, -0.2) is 4.79 Å². The number of fused-ring (bicyclic) bond motifs is 1. The lowest BCUT2D eigenvalue weighted by molar-refractivity contribution is 0.0662. The number of carbonyl (C=O) groups excluding carboxylic acids is 1. The quantitative estimate of drug-likeness (QED) is 0.278. The molecule has 0 radical (unpaired) electrons. The molecule has 8 nitrogen and oxygen atoms in total. The summed E-state index contributed by atoms with van der Waals surface area (Å²) in [5.74, 6) is -0.986. The number of carboxylic acid groups (broad SMARTS) is 1. The smallest absolute Gasteiger partial charge is 0.371 e. The summed E-state index contributed by atoms with van der Waals surface area (Å²) in [5, 5.41) is 20.1. The summed E-state index contributed by atoms with van der Waals surface area (Å²) in [6.45, 7) is 7.82. The zero-order valence-electron chi connectivity index (χ0n) is 20.3. The van der Waals surface area contributed by atoms with Gasteiger partial charge in [-0.3, -0.25) is 9.59 Å². The maximum absolute atomic E-state index is 12.3. The van der Waals surface area contributed by atoms with Crippen LogP contribution >= 0.6 is 0 Å². The van der Waals surface area contributed by atoms with Crippen LogP contribution in [0.2, 0.25) is 0 Å². The van der Waals surface area contributed by atoms with E-state index in [0.717, 1.165) is 12.5 Å². The minimum atomic E-state index is -1.31. The van der Waals surface area contributed by atoms with Crippen molar-refractivity contribution in [3.8, 4) is 17.2 Å². The predicted octanol–water partition coefficient (Wildman–Crippen LogP) is 5.32. The van der Waals surface area contributed by atoms with Crippen molar-refractivity contribution < 1.29 is 33.7 Å². The molecule has 0 spiro atoms. The Balaban J connectivity index is 1.74.